The van der Waals surface area contributed by atoms with Crippen molar-refractivity contribution in [2.24, 2.45) is 23.7 Å². The molecule has 6 nitrogen and oxygen atoms in total. The number of hydrogen-bond acceptors (Lipinski definition) is 5. The summed E-state index contributed by atoms with van der Waals surface area (Å²) in [6.07, 6.45) is 4.29. The van der Waals surface area contributed by atoms with Gasteiger partial charge in [0.25, 0.3) is 0 Å². The van der Waals surface area contributed by atoms with E-state index in [1.165, 1.54) is 0 Å². The number of methoxy groups -OCH3 is 1. The van der Waals surface area contributed by atoms with Crippen molar-refractivity contribution in [1.82, 2.24) is 0 Å². The van der Waals surface area contributed by atoms with E-state index in [0.29, 0.717) is 6.42 Å². The molecule has 2 aromatic rings. The Bertz CT molecular complexity index is 1030. The first kappa shape index (κ1) is 18.6. The maximum atomic E-state index is 13.4. The molecule has 0 N–H and O–H groups in total. The first-order chi connectivity index (χ1) is 14.6. The van der Waals surface area contributed by atoms with Crippen molar-refractivity contribution in [3.8, 4) is 5.75 Å². The maximum Gasteiger partial charge on any atom is 0.318 e. The Morgan fingerprint density at radius 1 is 0.933 bits per heavy atom. The van der Waals surface area contributed by atoms with Gasteiger partial charge in [0, 0.05) is 11.6 Å². The van der Waals surface area contributed by atoms with Crippen molar-refractivity contribution >= 4 is 23.5 Å². The number of carbonyl (C=O) groups is 3. The lowest BCUT2D eigenvalue weighted by Gasteiger charge is -2.51. The van der Waals surface area contributed by atoms with Crippen LogP contribution in [0.25, 0.3) is 0 Å². The Balaban J connectivity index is 1.55. The van der Waals surface area contributed by atoms with E-state index in [0.717, 1.165) is 17.0 Å². The van der Waals surface area contributed by atoms with E-state index < -0.39 is 29.7 Å². The number of benzene rings is 2. The molecule has 0 spiro atoms. The van der Waals surface area contributed by atoms with Gasteiger partial charge < -0.3 is 14.4 Å². The Hall–Kier alpha value is -3.41. The molecule has 2 aromatic carbocycles. The number of para-hydroxylation sites is 1. The van der Waals surface area contributed by atoms with Crippen LogP contribution >= 0.6 is 0 Å². The zero-order valence-corrected chi connectivity index (χ0v) is 16.4. The number of anilines is 1. The fraction of sp³-hybridized carbons (Fsp3) is 0.292. The molecular formula is C24H21NO5. The molecule has 2 heterocycles. The number of rotatable bonds is 4. The monoisotopic (exact) mass is 403 g/mol. The molecule has 1 aliphatic carbocycles. The fourth-order valence-electron chi connectivity index (χ4n) is 4.99. The number of carbonyl (C=O) groups excluding carboxylic acids is 3. The molecule has 1 amide bonds. The molecule has 0 radical (unpaired) electrons. The minimum Gasteiger partial charge on any atom is -0.497 e. The molecule has 5 atom stereocenters. The number of cyclic esters (lactones) is 2. The number of hydrogen-bond donors (Lipinski definition) is 0. The second-order valence-electron chi connectivity index (χ2n) is 7.90. The van der Waals surface area contributed by atoms with Crippen molar-refractivity contribution in [1.29, 1.82) is 0 Å². The van der Waals surface area contributed by atoms with E-state index in [4.69, 9.17) is 9.47 Å². The summed E-state index contributed by atoms with van der Waals surface area (Å²) >= 11 is 0. The SMILES string of the molecule is COc1ccc([C@@H]2[C@@H]([C@@H]3C=CC[C@@H]4C(=O)OC(=O)[C@H]34)C(=O)N2c2ccccc2)cc1. The van der Waals surface area contributed by atoms with E-state index >= 15 is 0 Å². The molecule has 2 fully saturated rings. The molecule has 152 valence electrons. The number of amides is 1. The lowest BCUT2D eigenvalue weighted by molar-refractivity contribution is -0.154. The Kier molecular flexibility index (Phi) is 4.42. The van der Waals surface area contributed by atoms with Gasteiger partial charge in [-0.1, -0.05) is 42.5 Å². The summed E-state index contributed by atoms with van der Waals surface area (Å²) in [5, 5.41) is 0. The number of allylic oxidation sites excluding steroid dienone is 2. The minimum absolute atomic E-state index is 0.0514. The van der Waals surface area contributed by atoms with Gasteiger partial charge >= 0.3 is 11.9 Å². The van der Waals surface area contributed by atoms with Crippen LogP contribution in [-0.2, 0) is 19.1 Å². The fourth-order valence-corrected chi connectivity index (χ4v) is 4.99. The van der Waals surface area contributed by atoms with Crippen LogP contribution in [0.4, 0.5) is 5.69 Å². The van der Waals surface area contributed by atoms with Crippen molar-refractivity contribution in [3.63, 3.8) is 0 Å². The smallest absolute Gasteiger partial charge is 0.318 e. The van der Waals surface area contributed by atoms with Crippen LogP contribution in [0.1, 0.15) is 18.0 Å². The highest BCUT2D eigenvalue weighted by Gasteiger charge is 2.59. The second kappa shape index (κ2) is 7.13. The molecule has 0 aromatic heterocycles. The average Bonchev–Trinajstić information content (AvgIpc) is 3.07. The van der Waals surface area contributed by atoms with Gasteiger partial charge in [0.2, 0.25) is 5.91 Å². The molecule has 0 bridgehead atoms. The van der Waals surface area contributed by atoms with Gasteiger partial charge in [-0.3, -0.25) is 14.4 Å². The third-order valence-electron chi connectivity index (χ3n) is 6.42. The topological polar surface area (TPSA) is 72.9 Å². The van der Waals surface area contributed by atoms with Gasteiger partial charge in [0.05, 0.1) is 30.9 Å². The third-order valence-corrected chi connectivity index (χ3v) is 6.42. The number of β-lactam (4-membered cyclic amide) rings is 1. The summed E-state index contributed by atoms with van der Waals surface area (Å²) in [6.45, 7) is 0. The Labute approximate surface area is 174 Å². The zero-order valence-electron chi connectivity index (χ0n) is 16.4. The predicted octanol–water partition coefficient (Wildman–Crippen LogP) is 3.29. The predicted molar refractivity (Wildman–Crippen MR) is 108 cm³/mol. The standard InChI is InChI=1S/C24H21NO5/c1-29-16-12-10-14(11-13-16)21-20(22(26)25(21)15-6-3-2-4-7-15)17-8-5-9-18-19(17)24(28)30-23(18)27/h2-8,10-13,17-21H,9H2,1H3/t17-,18+,19-,20-,21-/m1/s1. The number of nitrogens with zero attached hydrogens (tertiary/aromatic N) is 1. The van der Waals surface area contributed by atoms with Crippen molar-refractivity contribution < 1.29 is 23.9 Å². The molecule has 5 rings (SSSR count). The summed E-state index contributed by atoms with van der Waals surface area (Å²) < 4.78 is 10.2. The van der Waals surface area contributed by atoms with Crippen LogP contribution in [-0.4, -0.2) is 25.0 Å². The van der Waals surface area contributed by atoms with Crippen LogP contribution in [0, 0.1) is 23.7 Å². The van der Waals surface area contributed by atoms with Gasteiger partial charge in [0.15, 0.2) is 0 Å². The van der Waals surface area contributed by atoms with E-state index in [1.54, 1.807) is 12.0 Å². The summed E-state index contributed by atoms with van der Waals surface area (Å²) in [4.78, 5) is 39.7. The second-order valence-corrected chi connectivity index (χ2v) is 7.90. The van der Waals surface area contributed by atoms with Crippen molar-refractivity contribution in [2.75, 3.05) is 12.0 Å². The van der Waals surface area contributed by atoms with E-state index in [9.17, 15) is 14.4 Å². The van der Waals surface area contributed by atoms with E-state index in [-0.39, 0.29) is 17.9 Å². The van der Waals surface area contributed by atoms with Gasteiger partial charge in [-0.2, -0.15) is 0 Å². The Morgan fingerprint density at radius 2 is 1.67 bits per heavy atom. The number of esters is 2. The molecule has 6 heteroatoms. The van der Waals surface area contributed by atoms with Crippen LogP contribution in [0.15, 0.2) is 66.7 Å². The third kappa shape index (κ3) is 2.75. The van der Waals surface area contributed by atoms with Crippen LogP contribution < -0.4 is 9.64 Å². The summed E-state index contributed by atoms with van der Waals surface area (Å²) in [6, 6.07) is 16.9. The Morgan fingerprint density at radius 3 is 2.37 bits per heavy atom. The zero-order chi connectivity index (χ0) is 20.8. The van der Waals surface area contributed by atoms with Gasteiger partial charge in [-0.05, 0) is 36.2 Å². The van der Waals surface area contributed by atoms with Gasteiger partial charge in [-0.15, -0.1) is 0 Å². The van der Waals surface area contributed by atoms with Crippen LogP contribution in [0.5, 0.6) is 5.75 Å². The molecule has 3 aliphatic rings. The average molecular weight is 403 g/mol. The molecular weight excluding hydrogens is 382 g/mol. The van der Waals surface area contributed by atoms with Gasteiger partial charge in [-0.25, -0.2) is 0 Å². The molecule has 2 saturated heterocycles. The lowest BCUT2D eigenvalue weighted by Crippen LogP contribution is -2.59. The van der Waals surface area contributed by atoms with E-state index in [2.05, 4.69) is 0 Å². The summed E-state index contributed by atoms with van der Waals surface area (Å²) in [5.74, 6) is -2.23. The summed E-state index contributed by atoms with van der Waals surface area (Å²) in [5.41, 5.74) is 1.76. The summed E-state index contributed by atoms with van der Waals surface area (Å²) in [7, 11) is 1.61. The minimum atomic E-state index is -0.602. The first-order valence-electron chi connectivity index (χ1n) is 10.0. The normalized spacial score (nSPS) is 30.0. The first-order valence-corrected chi connectivity index (χ1v) is 10.0. The quantitative estimate of drug-likeness (QED) is 0.339. The van der Waals surface area contributed by atoms with Crippen molar-refractivity contribution in [2.45, 2.75) is 12.5 Å². The molecule has 0 unspecified atom stereocenters. The van der Waals surface area contributed by atoms with Crippen LogP contribution in [0.3, 0.4) is 0 Å². The highest BCUT2D eigenvalue weighted by atomic mass is 16.6. The van der Waals surface area contributed by atoms with Crippen molar-refractivity contribution in [3.05, 3.63) is 72.3 Å². The lowest BCUT2D eigenvalue weighted by atomic mass is 9.64. The highest BCUT2D eigenvalue weighted by molar-refractivity contribution is 6.05. The highest BCUT2D eigenvalue weighted by Crippen LogP contribution is 2.52. The number of fused-ring (bicyclic) bond motifs is 1. The largest absolute Gasteiger partial charge is 0.497 e. The number of ether oxygens (including phenoxy) is 2. The molecule has 30 heavy (non-hydrogen) atoms. The maximum absolute atomic E-state index is 13.4. The molecule has 0 saturated carbocycles. The van der Waals surface area contributed by atoms with Crippen LogP contribution in [0.2, 0.25) is 0 Å². The molecule has 2 aliphatic heterocycles. The van der Waals surface area contributed by atoms with Gasteiger partial charge in [0.1, 0.15) is 5.75 Å². The van der Waals surface area contributed by atoms with E-state index in [1.807, 2.05) is 66.7 Å².